The van der Waals surface area contributed by atoms with E-state index in [1.54, 1.807) is 4.90 Å². The van der Waals surface area contributed by atoms with Crippen LogP contribution in [0.25, 0.3) is 0 Å². The van der Waals surface area contributed by atoms with E-state index >= 15 is 0 Å². The van der Waals surface area contributed by atoms with Crippen molar-refractivity contribution in [3.63, 3.8) is 0 Å². The van der Waals surface area contributed by atoms with E-state index in [2.05, 4.69) is 5.32 Å². The van der Waals surface area contributed by atoms with Crippen LogP contribution in [0.1, 0.15) is 44.9 Å². The lowest BCUT2D eigenvalue weighted by Crippen LogP contribution is -2.47. The number of carboxylic acid groups (broad SMARTS) is 1. The van der Waals surface area contributed by atoms with Crippen molar-refractivity contribution in [3.05, 3.63) is 0 Å². The molecular formula is C14H24N2O3. The van der Waals surface area contributed by atoms with Gasteiger partial charge in [0.1, 0.15) is 0 Å². The summed E-state index contributed by atoms with van der Waals surface area (Å²) in [5, 5.41) is 12.0. The van der Waals surface area contributed by atoms with Crippen LogP contribution in [0.5, 0.6) is 0 Å². The Kier molecular flexibility index (Phi) is 4.66. The largest absolute Gasteiger partial charge is 0.481 e. The summed E-state index contributed by atoms with van der Waals surface area (Å²) in [4.78, 5) is 24.8. The van der Waals surface area contributed by atoms with Gasteiger partial charge in [0.05, 0.1) is 5.92 Å². The van der Waals surface area contributed by atoms with Crippen LogP contribution in [0.4, 0.5) is 4.79 Å². The number of carboxylic acids is 1. The molecule has 0 spiro atoms. The summed E-state index contributed by atoms with van der Waals surface area (Å²) in [7, 11) is 1.82. The molecule has 0 bridgehead atoms. The molecule has 2 fully saturated rings. The standard InChI is InChI=1S/C14H24N2O3/c1-16(9-10-4-2-5-10)14(19)15-12-7-3-6-11(8-12)13(17)18/h10-12H,2-9H2,1H3,(H,15,19)(H,17,18). The van der Waals surface area contributed by atoms with E-state index in [1.165, 1.54) is 19.3 Å². The number of nitrogens with zero attached hydrogens (tertiary/aromatic N) is 1. The number of amides is 2. The van der Waals surface area contributed by atoms with Crippen LogP contribution in [0.3, 0.4) is 0 Å². The van der Waals surface area contributed by atoms with Gasteiger partial charge >= 0.3 is 12.0 Å². The summed E-state index contributed by atoms with van der Waals surface area (Å²) in [6.07, 6.45) is 6.81. The topological polar surface area (TPSA) is 69.6 Å². The number of aliphatic carboxylic acids is 1. The van der Waals surface area contributed by atoms with Gasteiger partial charge in [-0.15, -0.1) is 0 Å². The number of hydrogen-bond donors (Lipinski definition) is 2. The zero-order valence-corrected chi connectivity index (χ0v) is 11.6. The minimum absolute atomic E-state index is 0.0196. The molecule has 2 aliphatic rings. The molecule has 2 saturated carbocycles. The Hall–Kier alpha value is -1.26. The van der Waals surface area contributed by atoms with Crippen LogP contribution >= 0.6 is 0 Å². The van der Waals surface area contributed by atoms with Gasteiger partial charge in [-0.25, -0.2) is 4.79 Å². The van der Waals surface area contributed by atoms with E-state index < -0.39 is 5.97 Å². The molecule has 5 nitrogen and oxygen atoms in total. The molecular weight excluding hydrogens is 244 g/mol. The van der Waals surface area contributed by atoms with Crippen molar-refractivity contribution < 1.29 is 14.7 Å². The zero-order chi connectivity index (χ0) is 13.8. The molecule has 2 atom stereocenters. The summed E-state index contributed by atoms with van der Waals surface area (Å²) in [5.41, 5.74) is 0. The van der Waals surface area contributed by atoms with E-state index in [1.807, 2.05) is 7.05 Å². The second-order valence-corrected chi connectivity index (χ2v) is 6.03. The monoisotopic (exact) mass is 268 g/mol. The lowest BCUT2D eigenvalue weighted by molar-refractivity contribution is -0.143. The van der Waals surface area contributed by atoms with Gasteiger partial charge in [0.2, 0.25) is 0 Å². The van der Waals surface area contributed by atoms with Crippen molar-refractivity contribution in [1.29, 1.82) is 0 Å². The van der Waals surface area contributed by atoms with Gasteiger partial charge in [0, 0.05) is 19.6 Å². The zero-order valence-electron chi connectivity index (χ0n) is 11.6. The highest BCUT2D eigenvalue weighted by atomic mass is 16.4. The van der Waals surface area contributed by atoms with Crippen LogP contribution in [0.15, 0.2) is 0 Å². The summed E-state index contributed by atoms with van der Waals surface area (Å²) in [5.74, 6) is -0.369. The molecule has 0 aromatic rings. The number of nitrogens with one attached hydrogen (secondary N) is 1. The predicted octanol–water partition coefficient (Wildman–Crippen LogP) is 2.07. The van der Waals surface area contributed by atoms with Crippen LogP contribution in [-0.4, -0.2) is 41.6 Å². The number of hydrogen-bond acceptors (Lipinski definition) is 2. The Morgan fingerprint density at radius 1 is 1.21 bits per heavy atom. The number of carbonyl (C=O) groups excluding carboxylic acids is 1. The Morgan fingerprint density at radius 2 is 1.89 bits per heavy atom. The van der Waals surface area contributed by atoms with Crippen LogP contribution in [0.2, 0.25) is 0 Å². The minimum atomic E-state index is -0.734. The first-order valence-corrected chi connectivity index (χ1v) is 7.30. The van der Waals surface area contributed by atoms with Gasteiger partial charge in [0.25, 0.3) is 0 Å². The van der Waals surface area contributed by atoms with Gasteiger partial charge in [-0.2, -0.15) is 0 Å². The first-order valence-electron chi connectivity index (χ1n) is 7.30. The molecule has 0 radical (unpaired) electrons. The lowest BCUT2D eigenvalue weighted by atomic mass is 9.85. The predicted molar refractivity (Wildman–Crippen MR) is 71.9 cm³/mol. The first kappa shape index (κ1) is 14.2. The quantitative estimate of drug-likeness (QED) is 0.820. The normalized spacial score (nSPS) is 27.4. The van der Waals surface area contributed by atoms with Crippen LogP contribution in [-0.2, 0) is 4.79 Å². The summed E-state index contributed by atoms with van der Waals surface area (Å²) in [6.45, 7) is 0.820. The van der Waals surface area contributed by atoms with E-state index in [-0.39, 0.29) is 18.0 Å². The Morgan fingerprint density at radius 3 is 2.47 bits per heavy atom. The fourth-order valence-corrected chi connectivity index (χ4v) is 2.98. The van der Waals surface area contributed by atoms with Gasteiger partial charge in [0.15, 0.2) is 0 Å². The summed E-state index contributed by atoms with van der Waals surface area (Å²) < 4.78 is 0. The minimum Gasteiger partial charge on any atom is -0.481 e. The molecule has 0 heterocycles. The van der Waals surface area contributed by atoms with Crippen molar-refractivity contribution in [2.45, 2.75) is 51.0 Å². The van der Waals surface area contributed by atoms with Crippen molar-refractivity contribution in [2.24, 2.45) is 11.8 Å². The molecule has 2 amide bonds. The Labute approximate surface area is 114 Å². The Bertz CT molecular complexity index is 342. The third-order valence-electron chi connectivity index (χ3n) is 4.45. The molecule has 0 saturated heterocycles. The van der Waals surface area contributed by atoms with Gasteiger partial charge < -0.3 is 15.3 Å². The van der Waals surface area contributed by atoms with Crippen molar-refractivity contribution in [3.8, 4) is 0 Å². The van der Waals surface area contributed by atoms with Crippen molar-refractivity contribution >= 4 is 12.0 Å². The molecule has 0 aromatic heterocycles. The maximum Gasteiger partial charge on any atom is 0.317 e. The Balaban J connectivity index is 1.75. The van der Waals surface area contributed by atoms with Crippen LogP contribution < -0.4 is 5.32 Å². The molecule has 5 heteroatoms. The molecule has 0 aromatic carbocycles. The molecule has 2 rings (SSSR count). The van der Waals surface area contributed by atoms with Crippen LogP contribution in [0, 0.1) is 11.8 Å². The fraction of sp³-hybridized carbons (Fsp3) is 0.857. The number of urea groups is 1. The first-order chi connectivity index (χ1) is 9.06. The second-order valence-electron chi connectivity index (χ2n) is 6.03. The average molecular weight is 268 g/mol. The smallest absolute Gasteiger partial charge is 0.317 e. The summed E-state index contributed by atoms with van der Waals surface area (Å²) >= 11 is 0. The number of rotatable bonds is 4. The van der Waals surface area contributed by atoms with E-state index in [9.17, 15) is 9.59 Å². The van der Waals surface area contributed by atoms with Gasteiger partial charge in [-0.1, -0.05) is 12.8 Å². The highest BCUT2D eigenvalue weighted by Crippen LogP contribution is 2.27. The van der Waals surface area contributed by atoms with E-state index in [0.29, 0.717) is 12.3 Å². The summed E-state index contributed by atoms with van der Waals surface area (Å²) in [6, 6.07) is -0.0332. The van der Waals surface area contributed by atoms with E-state index in [0.717, 1.165) is 25.8 Å². The fourth-order valence-electron chi connectivity index (χ4n) is 2.98. The molecule has 0 aliphatic heterocycles. The molecule has 2 aliphatic carbocycles. The molecule has 2 N–H and O–H groups in total. The maximum absolute atomic E-state index is 12.0. The maximum atomic E-state index is 12.0. The third-order valence-corrected chi connectivity index (χ3v) is 4.45. The van der Waals surface area contributed by atoms with Gasteiger partial charge in [-0.05, 0) is 38.0 Å². The third kappa shape index (κ3) is 3.85. The van der Waals surface area contributed by atoms with E-state index in [4.69, 9.17) is 5.11 Å². The molecule has 108 valence electrons. The molecule has 2 unspecified atom stereocenters. The number of carbonyl (C=O) groups is 2. The van der Waals surface area contributed by atoms with Gasteiger partial charge in [-0.3, -0.25) is 4.79 Å². The highest BCUT2D eigenvalue weighted by Gasteiger charge is 2.29. The average Bonchev–Trinajstić information content (AvgIpc) is 2.33. The lowest BCUT2D eigenvalue weighted by Gasteiger charge is -2.32. The SMILES string of the molecule is CN(CC1CCC1)C(=O)NC1CCCC(C(=O)O)C1. The second kappa shape index (κ2) is 6.26. The van der Waals surface area contributed by atoms with Crippen molar-refractivity contribution in [1.82, 2.24) is 10.2 Å². The van der Waals surface area contributed by atoms with Crippen molar-refractivity contribution in [2.75, 3.05) is 13.6 Å². The highest BCUT2D eigenvalue weighted by molar-refractivity contribution is 5.74. The molecule has 19 heavy (non-hydrogen) atoms.